The van der Waals surface area contributed by atoms with E-state index in [4.69, 9.17) is 4.74 Å². The quantitative estimate of drug-likeness (QED) is 0.837. The monoisotopic (exact) mass is 277 g/mol. The second-order valence-electron chi connectivity index (χ2n) is 5.47. The smallest absolute Gasteiger partial charge is 0.271 e. The molecule has 0 spiro atoms. The molecule has 0 saturated heterocycles. The number of hydrogen-bond donors (Lipinski definition) is 1. The van der Waals surface area contributed by atoms with Gasteiger partial charge in [0.2, 0.25) is 0 Å². The maximum atomic E-state index is 11.8. The van der Waals surface area contributed by atoms with Gasteiger partial charge >= 0.3 is 0 Å². The maximum absolute atomic E-state index is 11.8. The number of nitrogens with one attached hydrogen (secondary N) is 1. The lowest BCUT2D eigenvalue weighted by molar-refractivity contribution is -0.00295. The molecule has 1 aromatic rings. The van der Waals surface area contributed by atoms with Crippen molar-refractivity contribution >= 4 is 5.91 Å². The molecule has 2 rings (SSSR count). The highest BCUT2D eigenvalue weighted by Gasteiger charge is 2.21. The fourth-order valence-electron chi connectivity index (χ4n) is 2.51. The average Bonchev–Trinajstić information content (AvgIpc) is 2.46. The Morgan fingerprint density at radius 3 is 2.85 bits per heavy atom. The summed E-state index contributed by atoms with van der Waals surface area (Å²) in [7, 11) is 0. The largest absolute Gasteiger partial charge is 0.376 e. The summed E-state index contributed by atoms with van der Waals surface area (Å²) in [5, 5.41) is 2.81. The van der Waals surface area contributed by atoms with Crippen LogP contribution in [0.25, 0.3) is 0 Å². The molecule has 0 radical (unpaired) electrons. The molecule has 1 fully saturated rings. The van der Waals surface area contributed by atoms with Crippen molar-refractivity contribution in [2.24, 2.45) is 5.92 Å². The second kappa shape index (κ2) is 7.33. The Bertz CT molecular complexity index is 433. The van der Waals surface area contributed by atoms with Crippen LogP contribution in [0.1, 0.15) is 48.8 Å². The average molecular weight is 277 g/mol. The van der Waals surface area contributed by atoms with Crippen molar-refractivity contribution in [2.45, 2.75) is 45.6 Å². The van der Waals surface area contributed by atoms with Gasteiger partial charge in [-0.15, -0.1) is 0 Å². The number of nitrogens with zero attached hydrogens (tertiary/aromatic N) is 2. The first-order valence-corrected chi connectivity index (χ1v) is 7.35. The molecule has 0 bridgehead atoms. The fraction of sp³-hybridized carbons (Fsp3) is 0.667. The molecular weight excluding hydrogens is 254 g/mol. The fourth-order valence-corrected chi connectivity index (χ4v) is 2.51. The SMILES string of the molecule is Cc1cnc(C(=O)NCCOC2CCCCC2C)cn1. The number of hydrogen-bond acceptors (Lipinski definition) is 4. The van der Waals surface area contributed by atoms with Crippen molar-refractivity contribution in [3.8, 4) is 0 Å². The highest BCUT2D eigenvalue weighted by Crippen LogP contribution is 2.25. The summed E-state index contributed by atoms with van der Waals surface area (Å²) in [4.78, 5) is 19.9. The second-order valence-corrected chi connectivity index (χ2v) is 5.47. The molecule has 1 aliphatic rings. The lowest BCUT2D eigenvalue weighted by atomic mass is 9.88. The van der Waals surface area contributed by atoms with Crippen molar-refractivity contribution in [3.05, 3.63) is 23.8 Å². The summed E-state index contributed by atoms with van der Waals surface area (Å²) < 4.78 is 5.85. The first-order chi connectivity index (χ1) is 9.66. The zero-order chi connectivity index (χ0) is 14.4. The molecule has 2 unspecified atom stereocenters. The van der Waals surface area contributed by atoms with Crippen LogP contribution in [-0.4, -0.2) is 35.1 Å². The maximum Gasteiger partial charge on any atom is 0.271 e. The number of aromatic nitrogens is 2. The van der Waals surface area contributed by atoms with E-state index in [1.54, 1.807) is 6.20 Å². The predicted molar refractivity (Wildman–Crippen MR) is 76.5 cm³/mol. The molecule has 1 aliphatic carbocycles. The van der Waals surface area contributed by atoms with Crippen LogP contribution in [0, 0.1) is 12.8 Å². The first kappa shape index (κ1) is 14.9. The Morgan fingerprint density at radius 2 is 2.15 bits per heavy atom. The number of carbonyl (C=O) groups is 1. The Labute approximate surface area is 120 Å². The van der Waals surface area contributed by atoms with E-state index in [1.165, 1.54) is 25.5 Å². The van der Waals surface area contributed by atoms with Crippen LogP contribution in [0.4, 0.5) is 0 Å². The van der Waals surface area contributed by atoms with Gasteiger partial charge in [0.1, 0.15) is 5.69 Å². The van der Waals surface area contributed by atoms with E-state index in [2.05, 4.69) is 22.2 Å². The van der Waals surface area contributed by atoms with E-state index in [-0.39, 0.29) is 5.91 Å². The van der Waals surface area contributed by atoms with Crippen LogP contribution in [0.3, 0.4) is 0 Å². The Morgan fingerprint density at radius 1 is 1.35 bits per heavy atom. The predicted octanol–water partition coefficient (Wildman–Crippen LogP) is 2.11. The summed E-state index contributed by atoms with van der Waals surface area (Å²) >= 11 is 0. The standard InChI is InChI=1S/C15H23N3O2/c1-11-5-3-4-6-14(11)20-8-7-16-15(19)13-10-17-12(2)9-18-13/h9-11,14H,3-8H2,1-2H3,(H,16,19). The molecule has 1 heterocycles. The first-order valence-electron chi connectivity index (χ1n) is 7.35. The Balaban J connectivity index is 1.67. The van der Waals surface area contributed by atoms with E-state index < -0.39 is 0 Å². The van der Waals surface area contributed by atoms with Crippen LogP contribution < -0.4 is 5.32 Å². The van der Waals surface area contributed by atoms with Crippen LogP contribution in [-0.2, 0) is 4.74 Å². The van der Waals surface area contributed by atoms with Gasteiger partial charge in [-0.3, -0.25) is 9.78 Å². The molecule has 1 saturated carbocycles. The summed E-state index contributed by atoms with van der Waals surface area (Å²) in [5.74, 6) is 0.431. The minimum Gasteiger partial charge on any atom is -0.376 e. The normalized spacial score (nSPS) is 22.5. The zero-order valence-electron chi connectivity index (χ0n) is 12.3. The molecule has 1 amide bonds. The van der Waals surface area contributed by atoms with Gasteiger partial charge < -0.3 is 10.1 Å². The van der Waals surface area contributed by atoms with E-state index >= 15 is 0 Å². The van der Waals surface area contributed by atoms with Gasteiger partial charge in [0.25, 0.3) is 5.91 Å². The molecule has 2 atom stereocenters. The van der Waals surface area contributed by atoms with E-state index in [0.29, 0.717) is 30.9 Å². The van der Waals surface area contributed by atoms with E-state index in [9.17, 15) is 4.79 Å². The summed E-state index contributed by atoms with van der Waals surface area (Å²) in [5.41, 5.74) is 1.15. The minimum atomic E-state index is -0.196. The highest BCUT2D eigenvalue weighted by atomic mass is 16.5. The van der Waals surface area contributed by atoms with Crippen LogP contribution in [0.15, 0.2) is 12.4 Å². The third-order valence-electron chi connectivity index (χ3n) is 3.77. The summed E-state index contributed by atoms with van der Waals surface area (Å²) in [6.45, 7) is 5.15. The van der Waals surface area contributed by atoms with E-state index in [1.807, 2.05) is 6.92 Å². The van der Waals surface area contributed by atoms with Gasteiger partial charge in [0, 0.05) is 12.7 Å². The zero-order valence-corrected chi connectivity index (χ0v) is 12.3. The number of ether oxygens (including phenoxy) is 1. The van der Waals surface area contributed by atoms with Gasteiger partial charge in [-0.1, -0.05) is 19.8 Å². The number of amides is 1. The van der Waals surface area contributed by atoms with Gasteiger partial charge in [-0.05, 0) is 25.7 Å². The molecule has 1 aromatic heterocycles. The Hall–Kier alpha value is -1.49. The van der Waals surface area contributed by atoms with Gasteiger partial charge in [-0.25, -0.2) is 4.98 Å². The van der Waals surface area contributed by atoms with Gasteiger partial charge in [-0.2, -0.15) is 0 Å². The van der Waals surface area contributed by atoms with Crippen molar-refractivity contribution in [1.29, 1.82) is 0 Å². The van der Waals surface area contributed by atoms with Crippen molar-refractivity contribution in [3.63, 3.8) is 0 Å². The van der Waals surface area contributed by atoms with Crippen molar-refractivity contribution in [1.82, 2.24) is 15.3 Å². The lowest BCUT2D eigenvalue weighted by Crippen LogP contribution is -2.32. The van der Waals surface area contributed by atoms with Gasteiger partial charge in [0.15, 0.2) is 0 Å². The van der Waals surface area contributed by atoms with E-state index in [0.717, 1.165) is 12.1 Å². The van der Waals surface area contributed by atoms with Crippen LogP contribution >= 0.6 is 0 Å². The number of carbonyl (C=O) groups excluding carboxylic acids is 1. The molecule has 5 heteroatoms. The number of aryl methyl sites for hydroxylation is 1. The Kier molecular flexibility index (Phi) is 5.47. The molecule has 5 nitrogen and oxygen atoms in total. The third kappa shape index (κ3) is 4.27. The summed E-state index contributed by atoms with van der Waals surface area (Å²) in [6.07, 6.45) is 8.38. The highest BCUT2D eigenvalue weighted by molar-refractivity contribution is 5.91. The van der Waals surface area contributed by atoms with Crippen LogP contribution in [0.2, 0.25) is 0 Å². The molecule has 1 N–H and O–H groups in total. The summed E-state index contributed by atoms with van der Waals surface area (Å²) in [6, 6.07) is 0. The van der Waals surface area contributed by atoms with Crippen molar-refractivity contribution in [2.75, 3.05) is 13.2 Å². The van der Waals surface area contributed by atoms with Crippen LogP contribution in [0.5, 0.6) is 0 Å². The molecule has 0 aliphatic heterocycles. The van der Waals surface area contributed by atoms with Gasteiger partial charge in [0.05, 0.1) is 24.6 Å². The minimum absolute atomic E-state index is 0.196. The molecule has 20 heavy (non-hydrogen) atoms. The molecular formula is C15H23N3O2. The lowest BCUT2D eigenvalue weighted by Gasteiger charge is -2.28. The topological polar surface area (TPSA) is 64.1 Å². The molecule has 0 aromatic carbocycles. The third-order valence-corrected chi connectivity index (χ3v) is 3.77. The number of rotatable bonds is 5. The molecule has 110 valence electrons. The van der Waals surface area contributed by atoms with Crippen molar-refractivity contribution < 1.29 is 9.53 Å².